The van der Waals surface area contributed by atoms with Crippen LogP contribution in [-0.4, -0.2) is 63.7 Å². The summed E-state index contributed by atoms with van der Waals surface area (Å²) in [6.45, 7) is 6.25. The zero-order chi connectivity index (χ0) is 18.2. The highest BCUT2D eigenvalue weighted by atomic mass is 32.2. The minimum absolute atomic E-state index is 0.0892. The summed E-state index contributed by atoms with van der Waals surface area (Å²) in [5.74, 6) is 0.198. The van der Waals surface area contributed by atoms with Crippen molar-refractivity contribution >= 4 is 29.5 Å². The minimum atomic E-state index is -1.02. The van der Waals surface area contributed by atoms with Crippen LogP contribution in [0.25, 0.3) is 0 Å². The normalized spacial score (nSPS) is 28.3. The van der Waals surface area contributed by atoms with E-state index in [-0.39, 0.29) is 24.4 Å². The molecule has 0 radical (unpaired) electrons. The first-order valence-corrected chi connectivity index (χ1v) is 9.48. The molecule has 3 atom stereocenters. The van der Waals surface area contributed by atoms with Crippen LogP contribution in [0.4, 0.5) is 5.82 Å². The predicted octanol–water partition coefficient (Wildman–Crippen LogP) is -0.471. The number of β-lactam (4-membered cyclic amide) rings is 1. The van der Waals surface area contributed by atoms with Crippen LogP contribution in [0.3, 0.4) is 0 Å². The van der Waals surface area contributed by atoms with Crippen LogP contribution in [0.5, 0.6) is 0 Å². The summed E-state index contributed by atoms with van der Waals surface area (Å²) in [6.07, 6.45) is 5.34. The van der Waals surface area contributed by atoms with Gasteiger partial charge in [0, 0.05) is 25.4 Å². The Morgan fingerprint density at radius 3 is 2.92 bits per heavy atom. The van der Waals surface area contributed by atoms with E-state index in [1.54, 1.807) is 17.3 Å². The van der Waals surface area contributed by atoms with Crippen molar-refractivity contribution in [2.75, 3.05) is 30.3 Å². The van der Waals surface area contributed by atoms with Gasteiger partial charge in [-0.15, -0.1) is 11.8 Å². The van der Waals surface area contributed by atoms with E-state index in [9.17, 15) is 14.7 Å². The molecule has 3 heterocycles. The van der Waals surface area contributed by atoms with Crippen molar-refractivity contribution < 1.29 is 19.3 Å². The minimum Gasteiger partial charge on any atom is -0.481 e. The molecule has 0 aliphatic carbocycles. The van der Waals surface area contributed by atoms with Gasteiger partial charge >= 0.3 is 5.97 Å². The van der Waals surface area contributed by atoms with Gasteiger partial charge in [0.2, 0.25) is 12.1 Å². The van der Waals surface area contributed by atoms with Crippen LogP contribution in [0.1, 0.15) is 13.8 Å². The number of fused-ring (bicyclic) bond motifs is 1. The molecule has 1 aromatic heterocycles. The molecular formula is C16H24N5O3S+. The van der Waals surface area contributed by atoms with Gasteiger partial charge < -0.3 is 20.6 Å². The summed E-state index contributed by atoms with van der Waals surface area (Å²) < 4.78 is 1.86. The van der Waals surface area contributed by atoms with Crippen molar-refractivity contribution in [3.8, 4) is 0 Å². The van der Waals surface area contributed by atoms with Crippen LogP contribution >= 0.6 is 11.8 Å². The number of nitrogens with zero attached hydrogens (tertiary/aromatic N) is 4. The number of amides is 1. The van der Waals surface area contributed by atoms with Crippen LogP contribution in [0.15, 0.2) is 18.6 Å². The number of hydrogen-bond acceptors (Lipinski definition) is 6. The number of rotatable bonds is 6. The summed E-state index contributed by atoms with van der Waals surface area (Å²) >= 11 is 1.46. The molecule has 1 aromatic rings. The van der Waals surface area contributed by atoms with Crippen molar-refractivity contribution in [1.29, 1.82) is 0 Å². The second-order valence-electron chi connectivity index (χ2n) is 6.54. The van der Waals surface area contributed by atoms with Crippen molar-refractivity contribution in [2.24, 2.45) is 11.1 Å². The summed E-state index contributed by atoms with van der Waals surface area (Å²) in [6, 6.07) is -0.500. The smallest absolute Gasteiger partial charge is 0.318 e. The number of nitrogens with two attached hydrogens (primary N) is 1. The lowest BCUT2D eigenvalue weighted by atomic mass is 9.87. The first-order chi connectivity index (χ1) is 11.9. The molecule has 3 N–H and O–H groups in total. The van der Waals surface area contributed by atoms with Crippen LogP contribution in [0.2, 0.25) is 0 Å². The number of carboxylic acids is 1. The fourth-order valence-electron chi connectivity index (χ4n) is 3.40. The Balaban J connectivity index is 1.83. The van der Waals surface area contributed by atoms with Crippen molar-refractivity contribution in [1.82, 2.24) is 9.88 Å². The first-order valence-electron chi connectivity index (χ1n) is 8.43. The third-order valence-corrected chi connectivity index (χ3v) is 6.57. The molecule has 0 saturated carbocycles. The third kappa shape index (κ3) is 3.06. The van der Waals surface area contributed by atoms with Crippen molar-refractivity contribution in [2.45, 2.75) is 31.8 Å². The molecule has 0 spiro atoms. The molecule has 25 heavy (non-hydrogen) atoms. The van der Waals surface area contributed by atoms with Gasteiger partial charge in [-0.3, -0.25) is 9.59 Å². The van der Waals surface area contributed by atoms with E-state index in [0.29, 0.717) is 5.75 Å². The molecule has 0 bridgehead atoms. The molecule has 2 unspecified atom stereocenters. The maximum atomic E-state index is 12.1. The lowest BCUT2D eigenvalue weighted by Gasteiger charge is -2.51. The topological polar surface area (TPSA) is 104 Å². The van der Waals surface area contributed by atoms with Crippen LogP contribution in [0, 0.1) is 5.41 Å². The Morgan fingerprint density at radius 1 is 1.56 bits per heavy atom. The van der Waals surface area contributed by atoms with Gasteiger partial charge in [0.15, 0.2) is 24.0 Å². The van der Waals surface area contributed by atoms with Crippen molar-refractivity contribution in [3.05, 3.63) is 18.6 Å². The fraction of sp³-hybridized carbons (Fsp3) is 0.625. The molecule has 2 fully saturated rings. The zero-order valence-electron chi connectivity index (χ0n) is 14.5. The van der Waals surface area contributed by atoms with Gasteiger partial charge in [-0.05, 0) is 13.8 Å². The molecule has 8 nitrogen and oxygen atoms in total. The Kier molecular flexibility index (Phi) is 4.88. The number of hydrogen-bond donors (Lipinski definition) is 2. The molecule has 136 valence electrons. The van der Waals surface area contributed by atoms with Gasteiger partial charge in [0.1, 0.15) is 11.4 Å². The number of aromatic nitrogens is 2. The van der Waals surface area contributed by atoms with Gasteiger partial charge in [0.05, 0.1) is 6.20 Å². The molecule has 1 amide bonds. The van der Waals surface area contributed by atoms with Gasteiger partial charge in [-0.25, -0.2) is 4.98 Å². The largest absolute Gasteiger partial charge is 0.481 e. The maximum absolute atomic E-state index is 12.1. The number of aliphatic carboxylic acids is 1. The second-order valence-corrected chi connectivity index (χ2v) is 7.64. The quantitative estimate of drug-likeness (QED) is 0.518. The average molecular weight is 366 g/mol. The molecule has 2 saturated heterocycles. The zero-order valence-corrected chi connectivity index (χ0v) is 15.3. The highest BCUT2D eigenvalue weighted by Gasteiger charge is 2.57. The van der Waals surface area contributed by atoms with E-state index in [1.807, 2.05) is 10.8 Å². The van der Waals surface area contributed by atoms with Crippen molar-refractivity contribution in [3.63, 3.8) is 0 Å². The highest BCUT2D eigenvalue weighted by molar-refractivity contribution is 8.00. The van der Waals surface area contributed by atoms with E-state index in [0.717, 1.165) is 18.9 Å². The fourth-order valence-corrected chi connectivity index (χ4v) is 4.88. The lowest BCUT2D eigenvalue weighted by molar-refractivity contribution is -0.706. The maximum Gasteiger partial charge on any atom is 0.318 e. The Morgan fingerprint density at radius 2 is 2.28 bits per heavy atom. The first kappa shape index (κ1) is 17.9. The van der Waals surface area contributed by atoms with Gasteiger partial charge in [0.25, 0.3) is 0 Å². The van der Waals surface area contributed by atoms with E-state index in [1.165, 1.54) is 11.8 Å². The summed E-state index contributed by atoms with van der Waals surface area (Å²) in [7, 11) is 0. The number of carbonyl (C=O) groups excluding carboxylic acids is 1. The van der Waals surface area contributed by atoms with E-state index in [4.69, 9.17) is 5.73 Å². The lowest BCUT2D eigenvalue weighted by Crippen LogP contribution is -2.73. The Bertz CT molecular complexity index is 683. The van der Waals surface area contributed by atoms with E-state index < -0.39 is 17.4 Å². The third-order valence-electron chi connectivity index (χ3n) is 4.96. The number of anilines is 1. The van der Waals surface area contributed by atoms with Crippen LogP contribution in [-0.2, 0) is 16.1 Å². The number of thioether (sulfide) groups is 1. The summed E-state index contributed by atoms with van der Waals surface area (Å²) in [4.78, 5) is 32.1. The molecule has 2 aliphatic rings. The Hall–Kier alpha value is -1.87. The van der Waals surface area contributed by atoms with E-state index >= 15 is 0 Å². The monoisotopic (exact) mass is 366 g/mol. The Labute approximate surface area is 151 Å². The molecule has 3 rings (SSSR count). The van der Waals surface area contributed by atoms with E-state index in [2.05, 4.69) is 23.7 Å². The van der Waals surface area contributed by atoms with Crippen LogP contribution < -0.4 is 15.2 Å². The SMILES string of the molecule is CCN(CC)c1c[n+](CC2(C(=O)O)CS[C@@H]3C(N)C(=O)N3C2)ccn1. The molecule has 9 heteroatoms. The van der Waals surface area contributed by atoms with Gasteiger partial charge in [-0.1, -0.05) is 0 Å². The average Bonchev–Trinajstić information content (AvgIpc) is 2.62. The number of carboxylic acid groups (broad SMARTS) is 1. The second kappa shape index (κ2) is 6.80. The molecular weight excluding hydrogens is 342 g/mol. The highest BCUT2D eigenvalue weighted by Crippen LogP contribution is 2.41. The molecule has 2 aliphatic heterocycles. The predicted molar refractivity (Wildman–Crippen MR) is 94.0 cm³/mol. The molecule has 0 aromatic carbocycles. The summed E-state index contributed by atoms with van der Waals surface area (Å²) in [5.41, 5.74) is 4.77. The summed E-state index contributed by atoms with van der Waals surface area (Å²) in [5, 5.41) is 9.79. The van der Waals surface area contributed by atoms with Gasteiger partial charge in [-0.2, -0.15) is 4.57 Å². The standard InChI is InChI=1S/C16H23N5O3S/c1-3-20(4-2)11-7-19(6-5-18-11)8-16(15(23)24)9-21-13(22)12(17)14(21)25-10-16/h5-7,12,14H,3-4,8-10,17H2,1-2H3/p+1/t12?,14-,16?/m1/s1. The number of carbonyl (C=O) groups is 2.